The van der Waals surface area contributed by atoms with Crippen LogP contribution in [0.25, 0.3) is 0 Å². The van der Waals surface area contributed by atoms with E-state index in [0.717, 1.165) is 10.7 Å². The number of aliphatic imine (C=N–C) groups is 1. The molecule has 24 heavy (non-hydrogen) atoms. The van der Waals surface area contributed by atoms with E-state index < -0.39 is 10.0 Å². The summed E-state index contributed by atoms with van der Waals surface area (Å²) in [4.78, 5) is 9.78. The highest BCUT2D eigenvalue weighted by Crippen LogP contribution is 2.16. The molecular weight excluding hydrogens is 366 g/mol. The quantitative estimate of drug-likeness (QED) is 0.380. The van der Waals surface area contributed by atoms with E-state index in [2.05, 4.69) is 25.3 Å². The van der Waals surface area contributed by atoms with Crippen LogP contribution < -0.4 is 15.4 Å². The first-order valence-electron chi connectivity index (χ1n) is 7.33. The van der Waals surface area contributed by atoms with Crippen molar-refractivity contribution in [3.05, 3.63) is 33.1 Å². The number of rotatable bonds is 7. The summed E-state index contributed by atoms with van der Waals surface area (Å²) in [6.45, 7) is 5.32. The maximum Gasteiger partial charge on any atom is 0.250 e. The Hall–Kier alpha value is -1.49. The Morgan fingerprint density at radius 2 is 2.08 bits per heavy atom. The molecule has 0 saturated heterocycles. The minimum atomic E-state index is -3.42. The normalized spacial score (nSPS) is 12.4. The van der Waals surface area contributed by atoms with E-state index in [1.165, 1.54) is 16.2 Å². The van der Waals surface area contributed by atoms with Crippen LogP contribution in [0.5, 0.6) is 0 Å². The molecule has 0 fully saturated rings. The zero-order valence-electron chi connectivity index (χ0n) is 13.8. The number of thiophene rings is 1. The summed E-state index contributed by atoms with van der Waals surface area (Å²) in [7, 11) is -1.75. The zero-order chi connectivity index (χ0) is 17.6. The van der Waals surface area contributed by atoms with E-state index in [-0.39, 0.29) is 6.54 Å². The fraction of sp³-hybridized carbons (Fsp3) is 0.429. The molecule has 0 amide bonds. The molecule has 132 valence electrons. The summed E-state index contributed by atoms with van der Waals surface area (Å²) in [6.07, 6.45) is 0. The van der Waals surface area contributed by atoms with Crippen LogP contribution in [-0.4, -0.2) is 39.5 Å². The van der Waals surface area contributed by atoms with Crippen molar-refractivity contribution in [3.63, 3.8) is 0 Å². The summed E-state index contributed by atoms with van der Waals surface area (Å²) in [5.74, 6) is 0.607. The van der Waals surface area contributed by atoms with Crippen molar-refractivity contribution in [1.82, 2.24) is 20.3 Å². The van der Waals surface area contributed by atoms with Gasteiger partial charge in [0, 0.05) is 25.0 Å². The molecule has 0 aromatic carbocycles. The van der Waals surface area contributed by atoms with Crippen LogP contribution >= 0.6 is 22.7 Å². The molecule has 0 atom stereocenters. The van der Waals surface area contributed by atoms with Crippen molar-refractivity contribution < 1.29 is 8.42 Å². The van der Waals surface area contributed by atoms with Crippen molar-refractivity contribution in [1.29, 1.82) is 0 Å². The van der Waals surface area contributed by atoms with Gasteiger partial charge in [-0.15, -0.1) is 22.7 Å². The molecule has 0 saturated carbocycles. The molecule has 0 aliphatic carbocycles. The van der Waals surface area contributed by atoms with Crippen molar-refractivity contribution in [2.45, 2.75) is 24.6 Å². The Morgan fingerprint density at radius 1 is 1.29 bits per heavy atom. The number of nitrogens with zero attached hydrogens (tertiary/aromatic N) is 2. The minimum Gasteiger partial charge on any atom is -0.355 e. The Kier molecular flexibility index (Phi) is 6.72. The largest absolute Gasteiger partial charge is 0.355 e. The van der Waals surface area contributed by atoms with Crippen LogP contribution in [0.3, 0.4) is 0 Å². The molecule has 2 heterocycles. The fourth-order valence-corrected chi connectivity index (χ4v) is 4.79. The molecule has 0 aliphatic heterocycles. The molecule has 2 aromatic heterocycles. The monoisotopic (exact) mass is 387 g/mol. The lowest BCUT2D eigenvalue weighted by atomic mass is 10.4. The number of aryl methyl sites for hydroxylation is 2. The molecule has 10 heteroatoms. The molecule has 2 rings (SSSR count). The first kappa shape index (κ1) is 18.8. The fourth-order valence-electron chi connectivity index (χ4n) is 1.85. The predicted molar refractivity (Wildman–Crippen MR) is 99.3 cm³/mol. The van der Waals surface area contributed by atoms with Gasteiger partial charge in [0.2, 0.25) is 10.0 Å². The number of thiazole rings is 1. The molecule has 3 N–H and O–H groups in total. The van der Waals surface area contributed by atoms with Gasteiger partial charge < -0.3 is 10.6 Å². The summed E-state index contributed by atoms with van der Waals surface area (Å²) in [6, 6.07) is 3.30. The third-order valence-corrected chi connectivity index (χ3v) is 7.10. The van der Waals surface area contributed by atoms with Crippen LogP contribution in [0, 0.1) is 13.8 Å². The van der Waals surface area contributed by atoms with Crippen LogP contribution in [0.4, 0.5) is 0 Å². The smallest absolute Gasteiger partial charge is 0.250 e. The van der Waals surface area contributed by atoms with Crippen molar-refractivity contribution in [3.8, 4) is 0 Å². The predicted octanol–water partition coefficient (Wildman–Crippen LogP) is 1.46. The highest BCUT2D eigenvalue weighted by atomic mass is 32.2. The highest BCUT2D eigenvalue weighted by Gasteiger charge is 2.13. The van der Waals surface area contributed by atoms with E-state index in [4.69, 9.17) is 0 Å². The lowest BCUT2D eigenvalue weighted by Gasteiger charge is -2.11. The first-order chi connectivity index (χ1) is 11.4. The van der Waals surface area contributed by atoms with E-state index in [0.29, 0.717) is 23.3 Å². The van der Waals surface area contributed by atoms with E-state index in [1.54, 1.807) is 35.9 Å². The number of aromatic nitrogens is 1. The average molecular weight is 388 g/mol. The highest BCUT2D eigenvalue weighted by molar-refractivity contribution is 7.91. The number of hydrogen-bond donors (Lipinski definition) is 3. The second-order valence-corrected chi connectivity index (χ2v) is 9.16. The molecule has 7 nitrogen and oxygen atoms in total. The van der Waals surface area contributed by atoms with Crippen molar-refractivity contribution in [2.24, 2.45) is 4.99 Å². The van der Waals surface area contributed by atoms with Gasteiger partial charge in [0.1, 0.15) is 9.22 Å². The second-order valence-electron chi connectivity index (χ2n) is 4.93. The summed E-state index contributed by atoms with van der Waals surface area (Å²) in [5, 5.41) is 8.96. The van der Waals surface area contributed by atoms with Gasteiger partial charge in [0.15, 0.2) is 5.96 Å². The summed E-state index contributed by atoms with van der Waals surface area (Å²) >= 11 is 2.84. The minimum absolute atomic E-state index is 0.274. The third kappa shape index (κ3) is 5.26. The zero-order valence-corrected chi connectivity index (χ0v) is 16.2. The van der Waals surface area contributed by atoms with Crippen LogP contribution in [0.1, 0.15) is 15.6 Å². The number of sulfonamides is 1. The van der Waals surface area contributed by atoms with Gasteiger partial charge in [-0.05, 0) is 25.3 Å². The maximum absolute atomic E-state index is 12.0. The number of guanidine groups is 1. The van der Waals surface area contributed by atoms with Crippen LogP contribution in [0.15, 0.2) is 26.7 Å². The second kappa shape index (κ2) is 8.56. The standard InChI is InChI=1S/C14H21N5O2S3/c1-10-11(2)23-12(19-10)9-17-14(15-3)16-6-7-18-24(20,21)13-5-4-8-22-13/h4-5,8,18H,6-7,9H2,1-3H3,(H2,15,16,17). The summed E-state index contributed by atoms with van der Waals surface area (Å²) in [5.41, 5.74) is 1.04. The molecule has 0 aliphatic rings. The van der Waals surface area contributed by atoms with E-state index >= 15 is 0 Å². The van der Waals surface area contributed by atoms with Crippen LogP contribution in [-0.2, 0) is 16.6 Å². The Labute approximate surface area is 150 Å². The number of hydrogen-bond acceptors (Lipinski definition) is 6. The third-order valence-electron chi connectivity index (χ3n) is 3.17. The Balaban J connectivity index is 1.74. The maximum atomic E-state index is 12.0. The van der Waals surface area contributed by atoms with Crippen molar-refractivity contribution in [2.75, 3.05) is 20.1 Å². The van der Waals surface area contributed by atoms with Gasteiger partial charge in [-0.3, -0.25) is 4.99 Å². The van der Waals surface area contributed by atoms with Crippen LogP contribution in [0.2, 0.25) is 0 Å². The van der Waals surface area contributed by atoms with Gasteiger partial charge in [-0.25, -0.2) is 18.1 Å². The molecule has 0 radical (unpaired) electrons. The van der Waals surface area contributed by atoms with Gasteiger partial charge >= 0.3 is 0 Å². The Morgan fingerprint density at radius 3 is 2.67 bits per heavy atom. The summed E-state index contributed by atoms with van der Waals surface area (Å²) < 4.78 is 26.8. The van der Waals surface area contributed by atoms with E-state index in [9.17, 15) is 8.42 Å². The molecule has 0 unspecified atom stereocenters. The molecule has 2 aromatic rings. The topological polar surface area (TPSA) is 95.5 Å². The van der Waals surface area contributed by atoms with Gasteiger partial charge in [-0.1, -0.05) is 6.07 Å². The SMILES string of the molecule is CN=C(NCCNS(=O)(=O)c1cccs1)NCc1nc(C)c(C)s1. The first-order valence-corrected chi connectivity index (χ1v) is 10.5. The van der Waals surface area contributed by atoms with Gasteiger partial charge in [-0.2, -0.15) is 0 Å². The van der Waals surface area contributed by atoms with Gasteiger partial charge in [0.05, 0.1) is 12.2 Å². The molecule has 0 bridgehead atoms. The van der Waals surface area contributed by atoms with E-state index in [1.807, 2.05) is 13.8 Å². The van der Waals surface area contributed by atoms with Gasteiger partial charge in [0.25, 0.3) is 0 Å². The molecular formula is C14H21N5O2S3. The lowest BCUT2D eigenvalue weighted by molar-refractivity contribution is 0.582. The number of nitrogens with one attached hydrogen (secondary N) is 3. The average Bonchev–Trinajstić information content (AvgIpc) is 3.18. The Bertz CT molecular complexity index is 762. The van der Waals surface area contributed by atoms with Crippen molar-refractivity contribution >= 4 is 38.7 Å². The lowest BCUT2D eigenvalue weighted by Crippen LogP contribution is -2.41. The molecule has 0 spiro atoms.